The molecule has 0 saturated carbocycles. The van der Waals surface area contributed by atoms with E-state index in [0.717, 1.165) is 26.7 Å². The largest absolute Gasteiger partial charge is 0.288 e. The number of rotatable bonds is 2. The third-order valence-corrected chi connectivity index (χ3v) is 4.79. The van der Waals surface area contributed by atoms with E-state index in [1.807, 2.05) is 35.0 Å². The van der Waals surface area contributed by atoms with Crippen LogP contribution in [0.15, 0.2) is 47.4 Å². The van der Waals surface area contributed by atoms with Gasteiger partial charge in [0.05, 0.1) is 5.57 Å². The van der Waals surface area contributed by atoms with Crippen LogP contribution in [0.3, 0.4) is 0 Å². The van der Waals surface area contributed by atoms with Crippen LogP contribution < -0.4 is 0 Å². The number of aromatic nitrogens is 2. The zero-order valence-corrected chi connectivity index (χ0v) is 11.9. The Morgan fingerprint density at radius 1 is 0.800 bits per heavy atom. The van der Waals surface area contributed by atoms with Crippen molar-refractivity contribution in [1.82, 2.24) is 9.97 Å². The molecule has 5 heteroatoms. The molecule has 0 spiro atoms. The van der Waals surface area contributed by atoms with Crippen LogP contribution in [0.5, 0.6) is 0 Å². The second-order valence-corrected chi connectivity index (χ2v) is 6.09. The number of hydrogen-bond donors (Lipinski definition) is 0. The van der Waals surface area contributed by atoms with E-state index in [9.17, 15) is 4.79 Å². The summed E-state index contributed by atoms with van der Waals surface area (Å²) in [6.45, 7) is 0. The predicted molar refractivity (Wildman–Crippen MR) is 80.9 cm³/mol. The van der Waals surface area contributed by atoms with Gasteiger partial charge in [-0.05, 0) is 5.56 Å². The number of thiazole rings is 2. The second-order valence-electron chi connectivity index (χ2n) is 4.30. The van der Waals surface area contributed by atoms with Crippen molar-refractivity contribution in [2.24, 2.45) is 0 Å². The van der Waals surface area contributed by atoms with Gasteiger partial charge >= 0.3 is 0 Å². The lowest BCUT2D eigenvalue weighted by Crippen LogP contribution is -1.97. The van der Waals surface area contributed by atoms with Crippen LogP contribution in [0.1, 0.15) is 25.9 Å². The van der Waals surface area contributed by atoms with Crippen LogP contribution in [0.2, 0.25) is 0 Å². The van der Waals surface area contributed by atoms with Gasteiger partial charge in [0, 0.05) is 34.3 Å². The molecule has 0 atom stereocenters. The minimum absolute atomic E-state index is 0.0424. The Labute approximate surface area is 123 Å². The monoisotopic (exact) mass is 296 g/mol. The van der Waals surface area contributed by atoms with Gasteiger partial charge in [0.2, 0.25) is 0 Å². The molecule has 0 radical (unpaired) electrons. The Balaban J connectivity index is 2.06. The number of nitrogens with zero attached hydrogens (tertiary/aromatic N) is 2. The highest BCUT2D eigenvalue weighted by Crippen LogP contribution is 2.42. The van der Waals surface area contributed by atoms with Crippen molar-refractivity contribution in [3.05, 3.63) is 68.6 Å². The summed E-state index contributed by atoms with van der Waals surface area (Å²) in [5, 5.41) is 5.44. The molecule has 0 unspecified atom stereocenters. The molecule has 3 aromatic rings. The molecule has 0 N–H and O–H groups in total. The van der Waals surface area contributed by atoms with Crippen molar-refractivity contribution < 1.29 is 4.79 Å². The molecule has 1 aliphatic carbocycles. The van der Waals surface area contributed by atoms with E-state index >= 15 is 0 Å². The van der Waals surface area contributed by atoms with Gasteiger partial charge in [-0.2, -0.15) is 0 Å². The maximum absolute atomic E-state index is 12.7. The molecular weight excluding hydrogens is 288 g/mol. The molecule has 96 valence electrons. The topological polar surface area (TPSA) is 42.9 Å². The molecule has 3 nitrogen and oxygen atoms in total. The molecule has 2 heterocycles. The van der Waals surface area contributed by atoms with E-state index in [0.29, 0.717) is 5.57 Å². The molecule has 0 fully saturated rings. The fourth-order valence-corrected chi connectivity index (χ4v) is 3.79. The van der Waals surface area contributed by atoms with Crippen molar-refractivity contribution >= 4 is 39.6 Å². The molecule has 0 bridgehead atoms. The van der Waals surface area contributed by atoms with Gasteiger partial charge in [-0.1, -0.05) is 24.3 Å². The van der Waals surface area contributed by atoms with Crippen molar-refractivity contribution in [3.8, 4) is 0 Å². The second kappa shape index (κ2) is 4.47. The maximum atomic E-state index is 12.7. The summed E-state index contributed by atoms with van der Waals surface area (Å²) in [6, 6.07) is 7.68. The van der Waals surface area contributed by atoms with Crippen LogP contribution in [0, 0.1) is 0 Å². The summed E-state index contributed by atoms with van der Waals surface area (Å²) >= 11 is 3.03. The number of benzene rings is 1. The summed E-state index contributed by atoms with van der Waals surface area (Å²) in [5.41, 5.74) is 3.28. The number of allylic oxidation sites excluding steroid dienone is 1. The third-order valence-electron chi connectivity index (χ3n) is 3.21. The van der Waals surface area contributed by atoms with Crippen LogP contribution in [-0.2, 0) is 0 Å². The van der Waals surface area contributed by atoms with Crippen LogP contribution in [0.25, 0.3) is 11.1 Å². The third kappa shape index (κ3) is 1.60. The highest BCUT2D eigenvalue weighted by molar-refractivity contribution is 7.12. The SMILES string of the molecule is O=C1C(c2nccs2)=C(c2nccs2)c2ccccc21. The Bertz CT molecular complexity index is 817. The molecule has 1 aliphatic rings. The lowest BCUT2D eigenvalue weighted by atomic mass is 10.1. The number of ketones is 1. The highest BCUT2D eigenvalue weighted by atomic mass is 32.1. The summed E-state index contributed by atoms with van der Waals surface area (Å²) < 4.78 is 0. The minimum atomic E-state index is 0.0424. The van der Waals surface area contributed by atoms with E-state index in [4.69, 9.17) is 0 Å². The average molecular weight is 296 g/mol. The first-order chi connectivity index (χ1) is 9.86. The van der Waals surface area contributed by atoms with Crippen molar-refractivity contribution in [2.45, 2.75) is 0 Å². The first-order valence-electron chi connectivity index (χ1n) is 6.04. The van der Waals surface area contributed by atoms with Gasteiger partial charge in [0.25, 0.3) is 0 Å². The number of hydrogen-bond acceptors (Lipinski definition) is 5. The average Bonchev–Trinajstić information content (AvgIpc) is 3.18. The Hall–Kier alpha value is -2.11. The van der Waals surface area contributed by atoms with E-state index < -0.39 is 0 Å². The summed E-state index contributed by atoms with van der Waals surface area (Å²) in [5.74, 6) is 0.0424. The van der Waals surface area contributed by atoms with Crippen LogP contribution in [-0.4, -0.2) is 15.8 Å². The molecular formula is C15H8N2OS2. The van der Waals surface area contributed by atoms with E-state index in [-0.39, 0.29) is 5.78 Å². The predicted octanol–water partition coefficient (Wildman–Crippen LogP) is 3.76. The van der Waals surface area contributed by atoms with E-state index in [1.165, 1.54) is 11.3 Å². The minimum Gasteiger partial charge on any atom is -0.288 e. The quantitative estimate of drug-likeness (QED) is 0.723. The Morgan fingerprint density at radius 3 is 2.00 bits per heavy atom. The molecule has 4 rings (SSSR count). The van der Waals surface area contributed by atoms with Crippen LogP contribution >= 0.6 is 22.7 Å². The van der Waals surface area contributed by atoms with E-state index in [1.54, 1.807) is 23.7 Å². The number of carbonyl (C=O) groups is 1. The smallest absolute Gasteiger partial charge is 0.197 e. The lowest BCUT2D eigenvalue weighted by molar-refractivity contribution is 0.105. The summed E-state index contributed by atoms with van der Waals surface area (Å²) in [6.07, 6.45) is 3.49. The maximum Gasteiger partial charge on any atom is 0.197 e. The lowest BCUT2D eigenvalue weighted by Gasteiger charge is -2.02. The first kappa shape index (κ1) is 11.7. The summed E-state index contributed by atoms with van der Waals surface area (Å²) in [7, 11) is 0. The number of fused-ring (bicyclic) bond motifs is 1. The van der Waals surface area contributed by atoms with Gasteiger partial charge < -0.3 is 0 Å². The highest BCUT2D eigenvalue weighted by Gasteiger charge is 2.33. The zero-order chi connectivity index (χ0) is 13.5. The van der Waals surface area contributed by atoms with Gasteiger partial charge in [-0.3, -0.25) is 4.79 Å². The van der Waals surface area contributed by atoms with Crippen molar-refractivity contribution in [1.29, 1.82) is 0 Å². The Kier molecular flexibility index (Phi) is 2.61. The van der Waals surface area contributed by atoms with Gasteiger partial charge in [0.15, 0.2) is 5.78 Å². The molecule has 0 amide bonds. The van der Waals surface area contributed by atoms with Crippen molar-refractivity contribution in [2.75, 3.05) is 0 Å². The molecule has 0 saturated heterocycles. The standard InChI is InChI=1S/C15H8N2OS2/c18-13-10-4-2-1-3-9(10)11(14-16-5-7-19-14)12(13)15-17-6-8-20-15/h1-8H. The fourth-order valence-electron chi connectivity index (χ4n) is 2.40. The molecule has 2 aromatic heterocycles. The van der Waals surface area contributed by atoms with E-state index in [2.05, 4.69) is 9.97 Å². The van der Waals surface area contributed by atoms with Crippen LogP contribution in [0.4, 0.5) is 0 Å². The first-order valence-corrected chi connectivity index (χ1v) is 7.80. The molecule has 0 aliphatic heterocycles. The normalized spacial score (nSPS) is 13.9. The van der Waals surface area contributed by atoms with Gasteiger partial charge in [0.1, 0.15) is 10.0 Å². The number of carbonyl (C=O) groups excluding carboxylic acids is 1. The molecule has 20 heavy (non-hydrogen) atoms. The number of Topliss-reactive ketones (excluding diaryl/α,β-unsaturated/α-hetero) is 1. The van der Waals surface area contributed by atoms with Gasteiger partial charge in [-0.15, -0.1) is 22.7 Å². The Morgan fingerprint density at radius 2 is 1.40 bits per heavy atom. The van der Waals surface area contributed by atoms with Gasteiger partial charge in [-0.25, -0.2) is 9.97 Å². The summed E-state index contributed by atoms with van der Waals surface area (Å²) in [4.78, 5) is 21.4. The van der Waals surface area contributed by atoms with Crippen molar-refractivity contribution in [3.63, 3.8) is 0 Å². The zero-order valence-electron chi connectivity index (χ0n) is 10.2. The molecule has 1 aromatic carbocycles. The fraction of sp³-hybridized carbons (Fsp3) is 0.